The van der Waals surface area contributed by atoms with E-state index in [1.807, 2.05) is 0 Å². The molecule has 1 saturated carbocycles. The number of hydrogen-bond donors (Lipinski definition) is 1. The van der Waals surface area contributed by atoms with E-state index in [9.17, 15) is 10.1 Å². The van der Waals surface area contributed by atoms with Gasteiger partial charge in [0, 0.05) is 19.2 Å². The Morgan fingerprint density at radius 1 is 1.61 bits per heavy atom. The number of nitrogens with one attached hydrogen (secondary N) is 1. The minimum Gasteiger partial charge on any atom is -0.379 e. The molecule has 0 amide bonds. The number of pyridine rings is 1. The molecule has 1 aromatic rings. The van der Waals surface area contributed by atoms with Gasteiger partial charge in [0.25, 0.3) is 5.69 Å². The molecule has 0 radical (unpaired) electrons. The van der Waals surface area contributed by atoms with Gasteiger partial charge in [-0.1, -0.05) is 11.6 Å². The zero-order valence-electron chi connectivity index (χ0n) is 9.76. The molecule has 0 unspecified atom stereocenters. The van der Waals surface area contributed by atoms with E-state index in [0.717, 1.165) is 12.5 Å². The maximum absolute atomic E-state index is 10.5. The summed E-state index contributed by atoms with van der Waals surface area (Å²) >= 11 is 5.88. The van der Waals surface area contributed by atoms with Crippen LogP contribution in [0.5, 0.6) is 0 Å². The molecule has 18 heavy (non-hydrogen) atoms. The molecular formula is C11H14ClN3O3. The predicted octanol–water partition coefficient (Wildman–Crippen LogP) is 2.48. The highest BCUT2D eigenvalue weighted by molar-refractivity contribution is 6.33. The summed E-state index contributed by atoms with van der Waals surface area (Å²) in [5.41, 5.74) is -0.115. The van der Waals surface area contributed by atoms with Crippen molar-refractivity contribution in [3.63, 3.8) is 0 Å². The van der Waals surface area contributed by atoms with Crippen LogP contribution in [0.25, 0.3) is 0 Å². The second-order valence-corrected chi connectivity index (χ2v) is 4.63. The molecule has 1 fully saturated rings. The average Bonchev–Trinajstić information content (AvgIpc) is 3.14. The number of aromatic nitrogens is 1. The fraction of sp³-hybridized carbons (Fsp3) is 0.545. The fourth-order valence-corrected chi connectivity index (χ4v) is 1.66. The lowest BCUT2D eigenvalue weighted by molar-refractivity contribution is -0.385. The molecule has 98 valence electrons. The molecular weight excluding hydrogens is 258 g/mol. The summed E-state index contributed by atoms with van der Waals surface area (Å²) in [5, 5.41) is 13.7. The Bertz CT molecular complexity index is 438. The number of rotatable bonds is 7. The minimum absolute atomic E-state index is 0.115. The van der Waals surface area contributed by atoms with Gasteiger partial charge in [0.15, 0.2) is 0 Å². The van der Waals surface area contributed by atoms with Crippen LogP contribution in [-0.2, 0) is 4.74 Å². The number of nitro groups is 1. The first kappa shape index (κ1) is 13.0. The van der Waals surface area contributed by atoms with E-state index in [2.05, 4.69) is 10.3 Å². The Morgan fingerprint density at radius 3 is 3.00 bits per heavy atom. The summed E-state index contributed by atoms with van der Waals surface area (Å²) in [4.78, 5) is 13.9. The second kappa shape index (κ2) is 5.97. The third-order valence-corrected chi connectivity index (χ3v) is 2.92. The van der Waals surface area contributed by atoms with Gasteiger partial charge < -0.3 is 10.1 Å². The van der Waals surface area contributed by atoms with Crippen molar-refractivity contribution in [1.82, 2.24) is 4.98 Å². The van der Waals surface area contributed by atoms with Gasteiger partial charge in [-0.25, -0.2) is 4.98 Å². The smallest absolute Gasteiger partial charge is 0.289 e. The standard InChI is InChI=1S/C11H14ClN3O3/c12-10-5-9(15(16)17)6-14-11(10)13-3-4-18-7-8-1-2-8/h5-6,8H,1-4,7H2,(H,13,14). The highest BCUT2D eigenvalue weighted by atomic mass is 35.5. The molecule has 0 aliphatic heterocycles. The zero-order valence-corrected chi connectivity index (χ0v) is 10.5. The van der Waals surface area contributed by atoms with Crippen molar-refractivity contribution < 1.29 is 9.66 Å². The number of hydrogen-bond acceptors (Lipinski definition) is 5. The van der Waals surface area contributed by atoms with Gasteiger partial charge in [0.1, 0.15) is 12.0 Å². The predicted molar refractivity (Wildman–Crippen MR) is 67.9 cm³/mol. The van der Waals surface area contributed by atoms with Crippen molar-refractivity contribution in [3.8, 4) is 0 Å². The Kier molecular flexibility index (Phi) is 4.33. The highest BCUT2D eigenvalue weighted by Crippen LogP contribution is 2.28. The van der Waals surface area contributed by atoms with Gasteiger partial charge in [-0.15, -0.1) is 0 Å². The van der Waals surface area contributed by atoms with Crippen molar-refractivity contribution in [2.75, 3.05) is 25.1 Å². The van der Waals surface area contributed by atoms with Crippen molar-refractivity contribution >= 4 is 23.1 Å². The Balaban J connectivity index is 1.75. The maximum Gasteiger partial charge on any atom is 0.289 e. The second-order valence-electron chi connectivity index (χ2n) is 4.23. The van der Waals surface area contributed by atoms with Crippen LogP contribution in [-0.4, -0.2) is 29.7 Å². The summed E-state index contributed by atoms with van der Waals surface area (Å²) in [7, 11) is 0. The van der Waals surface area contributed by atoms with E-state index in [1.165, 1.54) is 25.1 Å². The van der Waals surface area contributed by atoms with Crippen LogP contribution in [0.2, 0.25) is 5.02 Å². The molecule has 1 aliphatic carbocycles. The quantitative estimate of drug-likeness (QED) is 0.468. The number of halogens is 1. The number of nitrogens with zero attached hydrogens (tertiary/aromatic N) is 2. The first-order valence-corrected chi connectivity index (χ1v) is 6.16. The van der Waals surface area contributed by atoms with Crippen LogP contribution < -0.4 is 5.32 Å². The van der Waals surface area contributed by atoms with Crippen LogP contribution >= 0.6 is 11.6 Å². The number of anilines is 1. The van der Waals surface area contributed by atoms with E-state index in [-0.39, 0.29) is 10.7 Å². The minimum atomic E-state index is -0.526. The zero-order chi connectivity index (χ0) is 13.0. The SMILES string of the molecule is O=[N+]([O-])c1cnc(NCCOCC2CC2)c(Cl)c1. The monoisotopic (exact) mass is 271 g/mol. The lowest BCUT2D eigenvalue weighted by Crippen LogP contribution is -2.11. The van der Waals surface area contributed by atoms with Gasteiger partial charge in [-0.3, -0.25) is 10.1 Å². The summed E-state index contributed by atoms with van der Waals surface area (Å²) in [6.07, 6.45) is 3.71. The molecule has 1 aliphatic rings. The molecule has 1 heterocycles. The van der Waals surface area contributed by atoms with Crippen molar-refractivity contribution in [2.45, 2.75) is 12.8 Å². The average molecular weight is 272 g/mol. The van der Waals surface area contributed by atoms with Crippen molar-refractivity contribution in [3.05, 3.63) is 27.4 Å². The first-order valence-electron chi connectivity index (χ1n) is 5.78. The normalized spacial score (nSPS) is 14.5. The molecule has 0 aromatic carbocycles. The molecule has 1 N–H and O–H groups in total. The summed E-state index contributed by atoms with van der Waals surface area (Å²) in [6.45, 7) is 1.96. The Labute approximate surface area is 109 Å². The lowest BCUT2D eigenvalue weighted by atomic mass is 10.4. The molecule has 2 rings (SSSR count). The Morgan fingerprint density at radius 2 is 2.39 bits per heavy atom. The first-order chi connectivity index (χ1) is 8.66. The van der Waals surface area contributed by atoms with Gasteiger partial charge in [-0.05, 0) is 18.8 Å². The third kappa shape index (κ3) is 3.82. The van der Waals surface area contributed by atoms with Crippen LogP contribution in [0.3, 0.4) is 0 Å². The maximum atomic E-state index is 10.5. The van der Waals surface area contributed by atoms with E-state index in [4.69, 9.17) is 16.3 Å². The molecule has 0 saturated heterocycles. The molecule has 0 atom stereocenters. The topological polar surface area (TPSA) is 77.3 Å². The summed E-state index contributed by atoms with van der Waals surface area (Å²) in [5.74, 6) is 1.18. The lowest BCUT2D eigenvalue weighted by Gasteiger charge is -2.07. The van der Waals surface area contributed by atoms with Gasteiger partial charge >= 0.3 is 0 Å². The fourth-order valence-electron chi connectivity index (χ4n) is 1.43. The molecule has 6 nitrogen and oxygen atoms in total. The third-order valence-electron chi connectivity index (χ3n) is 2.63. The van der Waals surface area contributed by atoms with Crippen LogP contribution in [0, 0.1) is 16.0 Å². The summed E-state index contributed by atoms with van der Waals surface area (Å²) in [6, 6.07) is 1.28. The van der Waals surface area contributed by atoms with Gasteiger partial charge in [-0.2, -0.15) is 0 Å². The summed E-state index contributed by atoms with van der Waals surface area (Å²) < 4.78 is 5.44. The van der Waals surface area contributed by atoms with E-state index >= 15 is 0 Å². The molecule has 0 spiro atoms. The van der Waals surface area contributed by atoms with Crippen LogP contribution in [0.15, 0.2) is 12.3 Å². The van der Waals surface area contributed by atoms with Gasteiger partial charge in [0.2, 0.25) is 0 Å². The highest BCUT2D eigenvalue weighted by Gasteiger charge is 2.20. The van der Waals surface area contributed by atoms with Crippen molar-refractivity contribution in [2.24, 2.45) is 5.92 Å². The largest absolute Gasteiger partial charge is 0.379 e. The van der Waals surface area contributed by atoms with Crippen molar-refractivity contribution in [1.29, 1.82) is 0 Å². The van der Waals surface area contributed by atoms with E-state index in [1.54, 1.807) is 0 Å². The van der Waals surface area contributed by atoms with E-state index < -0.39 is 4.92 Å². The molecule has 1 aromatic heterocycles. The number of ether oxygens (including phenoxy) is 1. The van der Waals surface area contributed by atoms with Crippen LogP contribution in [0.4, 0.5) is 11.5 Å². The van der Waals surface area contributed by atoms with Gasteiger partial charge in [0.05, 0.1) is 16.6 Å². The van der Waals surface area contributed by atoms with Crippen LogP contribution in [0.1, 0.15) is 12.8 Å². The van der Waals surface area contributed by atoms with E-state index in [0.29, 0.717) is 19.0 Å². The molecule has 0 bridgehead atoms. The molecule has 7 heteroatoms. The Hall–Kier alpha value is -1.40.